The van der Waals surface area contributed by atoms with Gasteiger partial charge in [0.05, 0.1) is 0 Å². The van der Waals surface area contributed by atoms with Crippen molar-refractivity contribution < 1.29 is 9.90 Å². The predicted molar refractivity (Wildman–Crippen MR) is 78.4 cm³/mol. The smallest absolute Gasteiger partial charge is 0.303 e. The third-order valence-corrected chi connectivity index (χ3v) is 3.62. The van der Waals surface area contributed by atoms with Crippen LogP contribution in [0.3, 0.4) is 0 Å². The van der Waals surface area contributed by atoms with Crippen molar-refractivity contribution >= 4 is 17.6 Å². The Morgan fingerprint density at radius 1 is 1.37 bits per heavy atom. The van der Waals surface area contributed by atoms with Gasteiger partial charge in [0.25, 0.3) is 0 Å². The molecule has 0 aliphatic rings. The Bertz CT molecular complexity index is 392. The summed E-state index contributed by atoms with van der Waals surface area (Å²) in [5.41, 5.74) is 6.88. The fourth-order valence-corrected chi connectivity index (χ4v) is 2.39. The summed E-state index contributed by atoms with van der Waals surface area (Å²) in [4.78, 5) is 10.7. The van der Waals surface area contributed by atoms with Crippen LogP contribution in [0.5, 0.6) is 0 Å². The van der Waals surface area contributed by atoms with Gasteiger partial charge < -0.3 is 10.8 Å². The van der Waals surface area contributed by atoms with Crippen LogP contribution in [0.4, 0.5) is 0 Å². The summed E-state index contributed by atoms with van der Waals surface area (Å²) in [5.74, 6) is -0.207. The molecule has 0 aliphatic heterocycles. The van der Waals surface area contributed by atoms with E-state index in [1.54, 1.807) is 0 Å². The lowest BCUT2D eigenvalue weighted by Gasteiger charge is -2.18. The van der Waals surface area contributed by atoms with Gasteiger partial charge in [0, 0.05) is 11.4 Å². The summed E-state index contributed by atoms with van der Waals surface area (Å²) in [5, 5.41) is 9.55. The van der Waals surface area contributed by atoms with E-state index in [0.717, 1.165) is 24.3 Å². The van der Waals surface area contributed by atoms with Crippen molar-refractivity contribution in [2.75, 3.05) is 6.54 Å². The molecule has 0 aromatic heterocycles. The quantitative estimate of drug-likeness (QED) is 0.769. The molecule has 0 heterocycles. The van der Waals surface area contributed by atoms with Crippen molar-refractivity contribution in [3.8, 4) is 0 Å². The van der Waals surface area contributed by atoms with Crippen molar-refractivity contribution in [2.24, 2.45) is 17.6 Å². The van der Waals surface area contributed by atoms with Gasteiger partial charge in [0.15, 0.2) is 0 Å². The van der Waals surface area contributed by atoms with Crippen LogP contribution in [-0.2, 0) is 11.2 Å². The van der Waals surface area contributed by atoms with Gasteiger partial charge in [-0.2, -0.15) is 0 Å². The molecule has 2 unspecified atom stereocenters. The topological polar surface area (TPSA) is 63.3 Å². The molecule has 0 amide bonds. The normalized spacial score (nSPS) is 14.1. The maximum atomic E-state index is 10.7. The van der Waals surface area contributed by atoms with Crippen LogP contribution >= 0.6 is 11.6 Å². The Kier molecular flexibility index (Phi) is 6.89. The molecule has 0 bridgehead atoms. The zero-order chi connectivity index (χ0) is 14.3. The van der Waals surface area contributed by atoms with Crippen LogP contribution in [0.2, 0.25) is 5.02 Å². The summed E-state index contributed by atoms with van der Waals surface area (Å²) in [6, 6.07) is 7.86. The molecule has 1 rings (SSSR count). The molecule has 0 radical (unpaired) electrons. The van der Waals surface area contributed by atoms with E-state index in [1.807, 2.05) is 24.3 Å². The minimum absolute atomic E-state index is 0.0812. The maximum Gasteiger partial charge on any atom is 0.303 e. The average Bonchev–Trinajstić information content (AvgIpc) is 2.36. The second-order valence-electron chi connectivity index (χ2n) is 5.21. The molecule has 0 saturated heterocycles. The Labute approximate surface area is 119 Å². The van der Waals surface area contributed by atoms with Crippen molar-refractivity contribution in [3.63, 3.8) is 0 Å². The van der Waals surface area contributed by atoms with Gasteiger partial charge in [-0.1, -0.05) is 30.7 Å². The highest BCUT2D eigenvalue weighted by molar-refractivity contribution is 6.30. The predicted octanol–water partition coefficient (Wildman–Crippen LogP) is 3.35. The highest BCUT2D eigenvalue weighted by Crippen LogP contribution is 2.20. The third-order valence-electron chi connectivity index (χ3n) is 3.37. The number of carbonyl (C=O) groups is 1. The number of hydrogen-bond donors (Lipinski definition) is 2. The molecular weight excluding hydrogens is 262 g/mol. The van der Waals surface area contributed by atoms with Crippen molar-refractivity contribution in [1.82, 2.24) is 0 Å². The number of carboxylic acid groups (broad SMARTS) is 1. The van der Waals surface area contributed by atoms with Crippen LogP contribution in [0.25, 0.3) is 0 Å². The summed E-state index contributed by atoms with van der Waals surface area (Å²) in [6.45, 7) is 2.60. The number of carboxylic acids is 1. The molecule has 0 fully saturated rings. The van der Waals surface area contributed by atoms with Gasteiger partial charge in [-0.05, 0) is 55.3 Å². The van der Waals surface area contributed by atoms with Gasteiger partial charge in [-0.15, -0.1) is 0 Å². The zero-order valence-electron chi connectivity index (χ0n) is 11.3. The van der Waals surface area contributed by atoms with E-state index in [4.69, 9.17) is 22.4 Å². The van der Waals surface area contributed by atoms with Gasteiger partial charge in [-0.25, -0.2) is 0 Å². The van der Waals surface area contributed by atoms with Crippen LogP contribution in [0, 0.1) is 11.8 Å². The first-order valence-corrected chi connectivity index (χ1v) is 7.05. The van der Waals surface area contributed by atoms with Crippen molar-refractivity contribution in [3.05, 3.63) is 34.9 Å². The molecule has 106 valence electrons. The molecular formula is C15H22ClNO2. The van der Waals surface area contributed by atoms with E-state index < -0.39 is 5.97 Å². The summed E-state index contributed by atoms with van der Waals surface area (Å²) >= 11 is 5.84. The molecule has 19 heavy (non-hydrogen) atoms. The fourth-order valence-electron chi connectivity index (χ4n) is 2.26. The van der Waals surface area contributed by atoms with Gasteiger partial charge >= 0.3 is 5.97 Å². The molecule has 0 spiro atoms. The number of nitrogens with two attached hydrogens (primary N) is 1. The Morgan fingerprint density at radius 2 is 2.00 bits per heavy atom. The van der Waals surface area contributed by atoms with E-state index in [1.165, 1.54) is 5.56 Å². The van der Waals surface area contributed by atoms with E-state index in [2.05, 4.69) is 6.92 Å². The van der Waals surface area contributed by atoms with E-state index in [0.29, 0.717) is 12.5 Å². The number of aliphatic carboxylic acids is 1. The molecule has 3 nitrogen and oxygen atoms in total. The molecule has 4 heteroatoms. The van der Waals surface area contributed by atoms with Gasteiger partial charge in [0.2, 0.25) is 0 Å². The standard InChI is InChI=1S/C15H22ClNO2/c1-11(8-13(10-17)9-15(18)19)2-3-12-4-6-14(16)7-5-12/h4-7,11,13H,2-3,8-10,17H2,1H3,(H,18,19). The average molecular weight is 284 g/mol. The number of halogens is 1. The number of benzene rings is 1. The Hall–Kier alpha value is -1.06. The molecule has 3 N–H and O–H groups in total. The lowest BCUT2D eigenvalue weighted by atomic mass is 9.89. The molecule has 1 aromatic carbocycles. The Balaban J connectivity index is 2.35. The Morgan fingerprint density at radius 3 is 2.53 bits per heavy atom. The van der Waals surface area contributed by atoms with Gasteiger partial charge in [-0.3, -0.25) is 4.79 Å². The minimum atomic E-state index is -0.764. The number of rotatable bonds is 8. The van der Waals surface area contributed by atoms with Crippen molar-refractivity contribution in [1.29, 1.82) is 0 Å². The molecule has 0 aliphatic carbocycles. The minimum Gasteiger partial charge on any atom is -0.481 e. The van der Waals surface area contributed by atoms with Gasteiger partial charge in [0.1, 0.15) is 0 Å². The monoisotopic (exact) mass is 283 g/mol. The number of aryl methyl sites for hydroxylation is 1. The molecule has 0 saturated carbocycles. The third kappa shape index (κ3) is 6.60. The summed E-state index contributed by atoms with van der Waals surface area (Å²) in [7, 11) is 0. The summed E-state index contributed by atoms with van der Waals surface area (Å²) < 4.78 is 0. The van der Waals surface area contributed by atoms with Crippen molar-refractivity contribution in [2.45, 2.75) is 32.6 Å². The largest absolute Gasteiger partial charge is 0.481 e. The highest BCUT2D eigenvalue weighted by Gasteiger charge is 2.15. The fraction of sp³-hybridized carbons (Fsp3) is 0.533. The van der Waals surface area contributed by atoms with Crippen LogP contribution < -0.4 is 5.73 Å². The highest BCUT2D eigenvalue weighted by atomic mass is 35.5. The van der Waals surface area contributed by atoms with Crippen LogP contribution in [0.1, 0.15) is 31.7 Å². The van der Waals surface area contributed by atoms with E-state index in [9.17, 15) is 4.79 Å². The second kappa shape index (κ2) is 8.18. The first kappa shape index (κ1) is 16.0. The molecule has 1 aromatic rings. The second-order valence-corrected chi connectivity index (χ2v) is 5.64. The SMILES string of the molecule is CC(CCc1ccc(Cl)cc1)CC(CN)CC(=O)O. The first-order chi connectivity index (χ1) is 9.01. The lowest BCUT2D eigenvalue weighted by molar-refractivity contribution is -0.138. The van der Waals surface area contributed by atoms with Crippen LogP contribution in [0.15, 0.2) is 24.3 Å². The van der Waals surface area contributed by atoms with E-state index >= 15 is 0 Å². The zero-order valence-corrected chi connectivity index (χ0v) is 12.1. The molecule has 2 atom stereocenters. The number of hydrogen-bond acceptors (Lipinski definition) is 2. The summed E-state index contributed by atoms with van der Waals surface area (Å²) in [6.07, 6.45) is 3.07. The first-order valence-electron chi connectivity index (χ1n) is 6.67. The van der Waals surface area contributed by atoms with E-state index in [-0.39, 0.29) is 12.3 Å². The maximum absolute atomic E-state index is 10.7. The van der Waals surface area contributed by atoms with Crippen LogP contribution in [-0.4, -0.2) is 17.6 Å². The lowest BCUT2D eigenvalue weighted by Crippen LogP contribution is -2.20.